The van der Waals surface area contributed by atoms with Crippen LogP contribution in [0.1, 0.15) is 51.1 Å². The van der Waals surface area contributed by atoms with Crippen LogP contribution in [-0.2, 0) is 4.79 Å². The number of nitrogens with one attached hydrogen (secondary N) is 1. The molecule has 0 aliphatic heterocycles. The summed E-state index contributed by atoms with van der Waals surface area (Å²) in [5.41, 5.74) is 5.59. The molecule has 2 rings (SSSR count). The lowest BCUT2D eigenvalue weighted by Gasteiger charge is -2.36. The van der Waals surface area contributed by atoms with E-state index in [2.05, 4.69) is 12.2 Å². The molecule has 1 fully saturated rings. The highest BCUT2D eigenvalue weighted by atomic mass is 19.1. The number of hydrogen-bond donors (Lipinski definition) is 2. The van der Waals surface area contributed by atoms with E-state index in [0.717, 1.165) is 18.9 Å². The van der Waals surface area contributed by atoms with Crippen LogP contribution in [0.15, 0.2) is 18.2 Å². The molecule has 1 aliphatic carbocycles. The SMILES string of the molecule is CC1CCCC(N)(C(=O)NC(C)c2ccc(F)cc2F)C1. The highest BCUT2D eigenvalue weighted by molar-refractivity contribution is 5.86. The number of halogens is 2. The molecule has 0 heterocycles. The lowest BCUT2D eigenvalue weighted by Crippen LogP contribution is -2.56. The van der Waals surface area contributed by atoms with Crippen molar-refractivity contribution in [3.8, 4) is 0 Å². The first kappa shape index (κ1) is 15.9. The summed E-state index contributed by atoms with van der Waals surface area (Å²) in [7, 11) is 0. The average Bonchev–Trinajstić information content (AvgIpc) is 2.37. The minimum Gasteiger partial charge on any atom is -0.348 e. The Bertz CT molecular complexity index is 535. The van der Waals surface area contributed by atoms with E-state index in [1.807, 2.05) is 0 Å². The third-order valence-electron chi connectivity index (χ3n) is 4.26. The van der Waals surface area contributed by atoms with Crippen LogP contribution in [0, 0.1) is 17.6 Å². The van der Waals surface area contributed by atoms with Gasteiger partial charge in [-0.1, -0.05) is 25.8 Å². The molecule has 5 heteroatoms. The van der Waals surface area contributed by atoms with Gasteiger partial charge in [0.2, 0.25) is 5.91 Å². The number of benzene rings is 1. The number of nitrogens with two attached hydrogens (primary N) is 1. The number of amides is 1. The van der Waals surface area contributed by atoms with Crippen LogP contribution in [0.25, 0.3) is 0 Å². The van der Waals surface area contributed by atoms with Gasteiger partial charge < -0.3 is 11.1 Å². The van der Waals surface area contributed by atoms with Crippen molar-refractivity contribution in [2.45, 2.75) is 51.1 Å². The summed E-state index contributed by atoms with van der Waals surface area (Å²) in [5, 5.41) is 2.76. The van der Waals surface area contributed by atoms with Gasteiger partial charge in [-0.15, -0.1) is 0 Å². The second kappa shape index (κ2) is 6.10. The zero-order chi connectivity index (χ0) is 15.6. The highest BCUT2D eigenvalue weighted by Gasteiger charge is 2.38. The van der Waals surface area contributed by atoms with Crippen molar-refractivity contribution in [2.24, 2.45) is 11.7 Å². The van der Waals surface area contributed by atoms with Crippen LogP contribution in [0.5, 0.6) is 0 Å². The molecule has 3 atom stereocenters. The molecule has 1 saturated carbocycles. The summed E-state index contributed by atoms with van der Waals surface area (Å²) in [4.78, 5) is 12.4. The second-order valence-electron chi connectivity index (χ2n) is 6.22. The van der Waals surface area contributed by atoms with Crippen LogP contribution in [0.3, 0.4) is 0 Å². The fourth-order valence-corrected chi connectivity index (χ4v) is 3.07. The molecule has 21 heavy (non-hydrogen) atoms. The van der Waals surface area contributed by atoms with E-state index in [-0.39, 0.29) is 11.5 Å². The molecule has 1 aromatic carbocycles. The van der Waals surface area contributed by atoms with Gasteiger partial charge in [0.1, 0.15) is 11.6 Å². The summed E-state index contributed by atoms with van der Waals surface area (Å²) in [6.07, 6.45) is 3.28. The molecule has 0 spiro atoms. The van der Waals surface area contributed by atoms with Crippen molar-refractivity contribution in [3.63, 3.8) is 0 Å². The summed E-state index contributed by atoms with van der Waals surface area (Å²) in [6, 6.07) is 2.80. The van der Waals surface area contributed by atoms with E-state index in [1.54, 1.807) is 6.92 Å². The molecule has 0 saturated heterocycles. The maximum absolute atomic E-state index is 13.7. The molecule has 3 N–H and O–H groups in total. The Kier molecular flexibility index (Phi) is 4.61. The number of carbonyl (C=O) groups is 1. The Hall–Kier alpha value is -1.49. The summed E-state index contributed by atoms with van der Waals surface area (Å²) < 4.78 is 26.6. The normalized spacial score (nSPS) is 27.2. The first-order valence-corrected chi connectivity index (χ1v) is 7.36. The average molecular weight is 296 g/mol. The maximum atomic E-state index is 13.7. The largest absolute Gasteiger partial charge is 0.348 e. The van der Waals surface area contributed by atoms with Gasteiger partial charge in [0.25, 0.3) is 0 Å². The van der Waals surface area contributed by atoms with E-state index in [1.165, 1.54) is 12.1 Å². The van der Waals surface area contributed by atoms with E-state index in [4.69, 9.17) is 5.73 Å². The van der Waals surface area contributed by atoms with Crippen molar-refractivity contribution in [1.29, 1.82) is 0 Å². The predicted octanol–water partition coefficient (Wildman–Crippen LogP) is 3.05. The van der Waals surface area contributed by atoms with Crippen LogP contribution < -0.4 is 11.1 Å². The smallest absolute Gasteiger partial charge is 0.240 e. The zero-order valence-corrected chi connectivity index (χ0v) is 12.5. The quantitative estimate of drug-likeness (QED) is 0.900. The number of hydrogen-bond acceptors (Lipinski definition) is 2. The first-order chi connectivity index (χ1) is 9.82. The van der Waals surface area contributed by atoms with Gasteiger partial charge in [-0.3, -0.25) is 4.79 Å². The molecule has 3 nitrogen and oxygen atoms in total. The Labute approximate surface area is 123 Å². The van der Waals surface area contributed by atoms with Gasteiger partial charge >= 0.3 is 0 Å². The van der Waals surface area contributed by atoms with Crippen molar-refractivity contribution >= 4 is 5.91 Å². The molecule has 116 valence electrons. The minimum atomic E-state index is -0.886. The molecule has 0 radical (unpaired) electrons. The standard InChI is InChI=1S/C16H22F2N2O/c1-10-4-3-7-16(19,9-10)15(21)20-11(2)13-6-5-12(17)8-14(13)18/h5-6,8,10-11H,3-4,7,9,19H2,1-2H3,(H,20,21). The van der Waals surface area contributed by atoms with E-state index < -0.39 is 23.2 Å². The monoisotopic (exact) mass is 296 g/mol. The van der Waals surface area contributed by atoms with Crippen molar-refractivity contribution in [1.82, 2.24) is 5.32 Å². The zero-order valence-electron chi connectivity index (χ0n) is 12.5. The van der Waals surface area contributed by atoms with Crippen LogP contribution in [-0.4, -0.2) is 11.4 Å². The molecular weight excluding hydrogens is 274 g/mol. The van der Waals surface area contributed by atoms with E-state index in [9.17, 15) is 13.6 Å². The van der Waals surface area contributed by atoms with Crippen LogP contribution in [0.2, 0.25) is 0 Å². The fourth-order valence-electron chi connectivity index (χ4n) is 3.07. The van der Waals surface area contributed by atoms with Crippen LogP contribution >= 0.6 is 0 Å². The maximum Gasteiger partial charge on any atom is 0.240 e. The minimum absolute atomic E-state index is 0.259. The topological polar surface area (TPSA) is 55.1 Å². The lowest BCUT2D eigenvalue weighted by atomic mass is 9.76. The van der Waals surface area contributed by atoms with Gasteiger partial charge in [0.05, 0.1) is 11.6 Å². The Balaban J connectivity index is 2.08. The highest BCUT2D eigenvalue weighted by Crippen LogP contribution is 2.31. The van der Waals surface area contributed by atoms with Gasteiger partial charge in [-0.2, -0.15) is 0 Å². The van der Waals surface area contributed by atoms with Crippen molar-refractivity contribution in [3.05, 3.63) is 35.4 Å². The summed E-state index contributed by atoms with van der Waals surface area (Å²) in [6.45, 7) is 3.75. The molecule has 1 aliphatic rings. The molecular formula is C16H22F2N2O. The molecule has 0 aromatic heterocycles. The fraction of sp³-hybridized carbons (Fsp3) is 0.562. The molecule has 0 bridgehead atoms. The summed E-state index contributed by atoms with van der Waals surface area (Å²) in [5.74, 6) is -1.14. The van der Waals surface area contributed by atoms with Gasteiger partial charge in [-0.05, 0) is 31.7 Å². The third kappa shape index (κ3) is 3.59. The lowest BCUT2D eigenvalue weighted by molar-refractivity contribution is -0.128. The molecule has 3 unspecified atom stereocenters. The van der Waals surface area contributed by atoms with Gasteiger partial charge in [0, 0.05) is 11.6 Å². The number of carbonyl (C=O) groups excluding carboxylic acids is 1. The van der Waals surface area contributed by atoms with E-state index >= 15 is 0 Å². The van der Waals surface area contributed by atoms with Gasteiger partial charge in [0.15, 0.2) is 0 Å². The Morgan fingerprint density at radius 2 is 2.19 bits per heavy atom. The van der Waals surface area contributed by atoms with Crippen molar-refractivity contribution in [2.75, 3.05) is 0 Å². The summed E-state index contributed by atoms with van der Waals surface area (Å²) >= 11 is 0. The molecule has 1 amide bonds. The van der Waals surface area contributed by atoms with Gasteiger partial charge in [-0.25, -0.2) is 8.78 Å². The number of rotatable bonds is 3. The Morgan fingerprint density at radius 3 is 2.81 bits per heavy atom. The molecule has 1 aromatic rings. The predicted molar refractivity (Wildman–Crippen MR) is 77.5 cm³/mol. The van der Waals surface area contributed by atoms with E-state index in [0.29, 0.717) is 18.8 Å². The third-order valence-corrected chi connectivity index (χ3v) is 4.26. The van der Waals surface area contributed by atoms with Crippen LogP contribution in [0.4, 0.5) is 8.78 Å². The second-order valence-corrected chi connectivity index (χ2v) is 6.22. The van der Waals surface area contributed by atoms with Crippen molar-refractivity contribution < 1.29 is 13.6 Å². The first-order valence-electron chi connectivity index (χ1n) is 7.36. The Morgan fingerprint density at radius 1 is 1.48 bits per heavy atom.